The first-order chi connectivity index (χ1) is 8.90. The van der Waals surface area contributed by atoms with Gasteiger partial charge >= 0.3 is 0 Å². The van der Waals surface area contributed by atoms with Crippen LogP contribution < -0.4 is 4.74 Å². The van der Waals surface area contributed by atoms with Crippen LogP contribution >= 0.6 is 0 Å². The molecule has 0 atom stereocenters. The Morgan fingerprint density at radius 2 is 1.78 bits per heavy atom. The third kappa shape index (κ3) is 3.55. The summed E-state index contributed by atoms with van der Waals surface area (Å²) in [4.78, 5) is 0. The van der Waals surface area contributed by atoms with Crippen LogP contribution in [-0.4, -0.2) is 16.8 Å². The molecule has 0 bridgehead atoms. The Balaban J connectivity index is 1.94. The maximum absolute atomic E-state index is 5.53. The van der Waals surface area contributed by atoms with Crippen LogP contribution in [0.4, 0.5) is 0 Å². The molecule has 3 nitrogen and oxygen atoms in total. The number of ether oxygens (including phenoxy) is 1. The van der Waals surface area contributed by atoms with Crippen molar-refractivity contribution < 1.29 is 4.74 Å². The maximum Gasteiger partial charge on any atom is 0.233 e. The molecule has 2 aromatic rings. The summed E-state index contributed by atoms with van der Waals surface area (Å²) >= 11 is 0. The van der Waals surface area contributed by atoms with Crippen LogP contribution in [0, 0.1) is 0 Å². The molecular weight excluding hydrogens is 224 g/mol. The molecule has 0 saturated carbocycles. The molecule has 1 aromatic carbocycles. The first-order valence-electron chi connectivity index (χ1n) is 6.42. The van der Waals surface area contributed by atoms with Gasteiger partial charge in [-0.1, -0.05) is 50.1 Å². The van der Waals surface area contributed by atoms with E-state index in [1.54, 1.807) is 0 Å². The van der Waals surface area contributed by atoms with E-state index < -0.39 is 0 Å². The fraction of sp³-hybridized carbons (Fsp3) is 0.333. The molecule has 0 aliphatic carbocycles. The van der Waals surface area contributed by atoms with Crippen LogP contribution in [0.1, 0.15) is 26.2 Å². The number of benzene rings is 1. The lowest BCUT2D eigenvalue weighted by atomic mass is 10.1. The molecule has 0 amide bonds. The molecule has 1 heterocycles. The van der Waals surface area contributed by atoms with E-state index in [2.05, 4.69) is 17.1 Å². The van der Waals surface area contributed by atoms with Gasteiger partial charge in [0.05, 0.1) is 12.3 Å². The smallest absolute Gasteiger partial charge is 0.233 e. The van der Waals surface area contributed by atoms with E-state index >= 15 is 0 Å². The van der Waals surface area contributed by atoms with E-state index in [1.165, 1.54) is 12.8 Å². The molecule has 18 heavy (non-hydrogen) atoms. The van der Waals surface area contributed by atoms with Gasteiger partial charge in [-0.2, -0.15) is 0 Å². The number of hydrogen-bond acceptors (Lipinski definition) is 3. The van der Waals surface area contributed by atoms with Gasteiger partial charge in [0.25, 0.3) is 0 Å². The molecular formula is C15H18N2O. The lowest BCUT2D eigenvalue weighted by molar-refractivity contribution is 0.291. The van der Waals surface area contributed by atoms with Crippen LogP contribution in [0.3, 0.4) is 0 Å². The zero-order chi connectivity index (χ0) is 12.6. The molecule has 0 aliphatic heterocycles. The number of unbranched alkanes of at least 4 members (excludes halogenated alkanes) is 2. The normalized spacial score (nSPS) is 10.3. The topological polar surface area (TPSA) is 35.0 Å². The number of hydrogen-bond donors (Lipinski definition) is 0. The zero-order valence-corrected chi connectivity index (χ0v) is 10.7. The molecule has 0 fully saturated rings. The van der Waals surface area contributed by atoms with Crippen LogP contribution in [0.5, 0.6) is 5.88 Å². The number of nitrogens with zero attached hydrogens (tertiary/aromatic N) is 2. The van der Waals surface area contributed by atoms with Gasteiger partial charge in [-0.15, -0.1) is 10.2 Å². The second kappa shape index (κ2) is 6.74. The minimum Gasteiger partial charge on any atom is -0.477 e. The van der Waals surface area contributed by atoms with E-state index in [0.717, 1.165) is 17.7 Å². The summed E-state index contributed by atoms with van der Waals surface area (Å²) in [5.41, 5.74) is 1.94. The van der Waals surface area contributed by atoms with E-state index in [9.17, 15) is 0 Å². The van der Waals surface area contributed by atoms with Crippen LogP contribution in [-0.2, 0) is 0 Å². The van der Waals surface area contributed by atoms with Gasteiger partial charge in [-0.3, -0.25) is 0 Å². The van der Waals surface area contributed by atoms with Gasteiger partial charge in [0.1, 0.15) is 0 Å². The first kappa shape index (κ1) is 12.6. The van der Waals surface area contributed by atoms with Crippen molar-refractivity contribution in [2.24, 2.45) is 0 Å². The maximum atomic E-state index is 5.53. The predicted octanol–water partition coefficient (Wildman–Crippen LogP) is 3.71. The fourth-order valence-corrected chi connectivity index (χ4v) is 1.69. The highest BCUT2D eigenvalue weighted by atomic mass is 16.5. The summed E-state index contributed by atoms with van der Waals surface area (Å²) in [6.07, 6.45) is 3.45. The number of rotatable bonds is 6. The van der Waals surface area contributed by atoms with Crippen molar-refractivity contribution in [1.82, 2.24) is 10.2 Å². The van der Waals surface area contributed by atoms with Crippen LogP contribution in [0.25, 0.3) is 11.3 Å². The second-order valence-electron chi connectivity index (χ2n) is 4.18. The SMILES string of the molecule is CCCCCOc1ccc(-c2ccccc2)nn1. The summed E-state index contributed by atoms with van der Waals surface area (Å²) in [7, 11) is 0. The van der Waals surface area contributed by atoms with Crippen molar-refractivity contribution in [3.05, 3.63) is 42.5 Å². The van der Waals surface area contributed by atoms with Crippen molar-refractivity contribution in [3.8, 4) is 17.1 Å². The Hall–Kier alpha value is -1.90. The van der Waals surface area contributed by atoms with Crippen molar-refractivity contribution in [3.63, 3.8) is 0 Å². The molecule has 0 unspecified atom stereocenters. The summed E-state index contributed by atoms with van der Waals surface area (Å²) in [5.74, 6) is 0.603. The van der Waals surface area contributed by atoms with Gasteiger partial charge in [0.15, 0.2) is 0 Å². The third-order valence-corrected chi connectivity index (χ3v) is 2.71. The van der Waals surface area contributed by atoms with E-state index in [0.29, 0.717) is 12.5 Å². The van der Waals surface area contributed by atoms with Crippen molar-refractivity contribution >= 4 is 0 Å². The molecule has 0 radical (unpaired) electrons. The highest BCUT2D eigenvalue weighted by molar-refractivity contribution is 5.58. The Morgan fingerprint density at radius 3 is 2.44 bits per heavy atom. The lowest BCUT2D eigenvalue weighted by Crippen LogP contribution is -2.00. The summed E-state index contributed by atoms with van der Waals surface area (Å²) < 4.78 is 5.53. The van der Waals surface area contributed by atoms with E-state index in [4.69, 9.17) is 4.74 Å². The Morgan fingerprint density at radius 1 is 0.944 bits per heavy atom. The lowest BCUT2D eigenvalue weighted by Gasteiger charge is -2.04. The minimum atomic E-state index is 0.603. The van der Waals surface area contributed by atoms with E-state index in [1.807, 2.05) is 42.5 Å². The van der Waals surface area contributed by atoms with Gasteiger partial charge in [-0.05, 0) is 12.5 Å². The molecule has 2 rings (SSSR count). The van der Waals surface area contributed by atoms with Gasteiger partial charge < -0.3 is 4.74 Å². The molecule has 94 valence electrons. The Labute approximate surface area is 108 Å². The molecule has 3 heteroatoms. The monoisotopic (exact) mass is 242 g/mol. The van der Waals surface area contributed by atoms with Crippen LogP contribution in [0.2, 0.25) is 0 Å². The van der Waals surface area contributed by atoms with E-state index in [-0.39, 0.29) is 0 Å². The highest BCUT2D eigenvalue weighted by Gasteiger charge is 2.00. The average Bonchev–Trinajstić information content (AvgIpc) is 2.45. The largest absolute Gasteiger partial charge is 0.477 e. The molecule has 0 saturated heterocycles. The second-order valence-corrected chi connectivity index (χ2v) is 4.18. The van der Waals surface area contributed by atoms with Crippen molar-refractivity contribution in [2.45, 2.75) is 26.2 Å². The molecule has 0 spiro atoms. The standard InChI is InChI=1S/C15H18N2O/c1-2-3-7-12-18-15-11-10-14(16-17-15)13-8-5-4-6-9-13/h4-6,8-11H,2-3,7,12H2,1H3. The third-order valence-electron chi connectivity index (χ3n) is 2.71. The predicted molar refractivity (Wildman–Crippen MR) is 72.5 cm³/mol. The number of aromatic nitrogens is 2. The quantitative estimate of drug-likeness (QED) is 0.724. The molecule has 1 aromatic heterocycles. The van der Waals surface area contributed by atoms with Gasteiger partial charge in [0, 0.05) is 11.6 Å². The minimum absolute atomic E-state index is 0.603. The Kier molecular flexibility index (Phi) is 4.70. The summed E-state index contributed by atoms with van der Waals surface area (Å²) in [5, 5.41) is 8.25. The summed E-state index contributed by atoms with van der Waals surface area (Å²) in [6.45, 7) is 2.89. The zero-order valence-electron chi connectivity index (χ0n) is 10.7. The summed E-state index contributed by atoms with van der Waals surface area (Å²) in [6, 6.07) is 13.8. The first-order valence-corrected chi connectivity index (χ1v) is 6.42. The fourth-order valence-electron chi connectivity index (χ4n) is 1.69. The average molecular weight is 242 g/mol. The highest BCUT2D eigenvalue weighted by Crippen LogP contribution is 2.17. The van der Waals surface area contributed by atoms with Crippen molar-refractivity contribution in [2.75, 3.05) is 6.61 Å². The van der Waals surface area contributed by atoms with Crippen LogP contribution in [0.15, 0.2) is 42.5 Å². The Bertz CT molecular complexity index is 454. The van der Waals surface area contributed by atoms with Gasteiger partial charge in [0.2, 0.25) is 5.88 Å². The molecule has 0 N–H and O–H groups in total. The van der Waals surface area contributed by atoms with Gasteiger partial charge in [-0.25, -0.2) is 0 Å². The molecule has 0 aliphatic rings. The van der Waals surface area contributed by atoms with Crippen molar-refractivity contribution in [1.29, 1.82) is 0 Å².